The van der Waals surface area contributed by atoms with Gasteiger partial charge in [-0.05, 0) is 18.4 Å². The molecule has 2 heterocycles. The van der Waals surface area contributed by atoms with E-state index in [4.69, 9.17) is 4.74 Å². The number of Topliss-reactive ketones (excluding diaryl/α,β-unsaturated/α-hetero) is 1. The molecule has 2 saturated heterocycles. The van der Waals surface area contributed by atoms with Crippen molar-refractivity contribution in [3.8, 4) is 0 Å². The predicted octanol–water partition coefficient (Wildman–Crippen LogP) is 1.32. The SMILES string of the molecule is CC1(C)CCN(CC2COCCC2=O)C1. The molecule has 1 atom stereocenters. The highest BCUT2D eigenvalue weighted by Gasteiger charge is 2.32. The van der Waals surface area contributed by atoms with Crippen molar-refractivity contribution in [2.24, 2.45) is 11.3 Å². The molecule has 0 N–H and O–H groups in total. The molecule has 1 unspecified atom stereocenters. The van der Waals surface area contributed by atoms with Crippen LogP contribution in [0.1, 0.15) is 26.7 Å². The van der Waals surface area contributed by atoms with Gasteiger partial charge in [0, 0.05) is 19.5 Å². The van der Waals surface area contributed by atoms with Crippen molar-refractivity contribution in [2.45, 2.75) is 26.7 Å². The number of ketones is 1. The monoisotopic (exact) mass is 211 g/mol. The quantitative estimate of drug-likeness (QED) is 0.690. The lowest BCUT2D eigenvalue weighted by molar-refractivity contribution is -0.131. The largest absolute Gasteiger partial charge is 0.380 e. The Hall–Kier alpha value is -0.410. The summed E-state index contributed by atoms with van der Waals surface area (Å²) in [5.74, 6) is 0.526. The zero-order chi connectivity index (χ0) is 10.9. The third-order valence-electron chi connectivity index (χ3n) is 3.50. The molecule has 0 aliphatic carbocycles. The highest BCUT2D eigenvalue weighted by molar-refractivity contribution is 5.82. The number of hydrogen-bond donors (Lipinski definition) is 0. The molecule has 0 bridgehead atoms. The van der Waals surface area contributed by atoms with Crippen LogP contribution in [0, 0.1) is 11.3 Å². The van der Waals surface area contributed by atoms with Crippen LogP contribution in [0.25, 0.3) is 0 Å². The van der Waals surface area contributed by atoms with Crippen LogP contribution in [-0.2, 0) is 9.53 Å². The molecule has 2 fully saturated rings. The third-order valence-corrected chi connectivity index (χ3v) is 3.50. The first kappa shape index (κ1) is 11.1. The summed E-state index contributed by atoms with van der Waals surface area (Å²) in [6.45, 7) is 9.02. The Labute approximate surface area is 91.8 Å². The van der Waals surface area contributed by atoms with Gasteiger partial charge in [-0.25, -0.2) is 0 Å². The summed E-state index contributed by atoms with van der Waals surface area (Å²) in [6, 6.07) is 0. The van der Waals surface area contributed by atoms with Crippen LogP contribution in [0.15, 0.2) is 0 Å². The Morgan fingerprint density at radius 3 is 2.93 bits per heavy atom. The first-order chi connectivity index (χ1) is 7.07. The molecule has 2 aliphatic heterocycles. The average molecular weight is 211 g/mol. The lowest BCUT2D eigenvalue weighted by Crippen LogP contribution is -2.38. The second kappa shape index (κ2) is 4.22. The van der Waals surface area contributed by atoms with Gasteiger partial charge in [0.1, 0.15) is 5.78 Å². The molecule has 0 aromatic heterocycles. The molecule has 3 nitrogen and oxygen atoms in total. The van der Waals surface area contributed by atoms with Gasteiger partial charge in [-0.15, -0.1) is 0 Å². The second-order valence-electron chi connectivity index (χ2n) is 5.64. The normalized spacial score (nSPS) is 32.1. The van der Waals surface area contributed by atoms with Crippen molar-refractivity contribution in [1.82, 2.24) is 4.90 Å². The number of carbonyl (C=O) groups is 1. The molecule has 2 aliphatic rings. The summed E-state index contributed by atoms with van der Waals surface area (Å²) in [5, 5.41) is 0. The van der Waals surface area contributed by atoms with Crippen molar-refractivity contribution in [3.05, 3.63) is 0 Å². The maximum Gasteiger partial charge on any atom is 0.141 e. The van der Waals surface area contributed by atoms with Crippen molar-refractivity contribution in [1.29, 1.82) is 0 Å². The van der Waals surface area contributed by atoms with E-state index in [2.05, 4.69) is 18.7 Å². The summed E-state index contributed by atoms with van der Waals surface area (Å²) in [5.41, 5.74) is 0.429. The van der Waals surface area contributed by atoms with Gasteiger partial charge in [-0.2, -0.15) is 0 Å². The van der Waals surface area contributed by atoms with E-state index in [1.54, 1.807) is 0 Å². The van der Waals surface area contributed by atoms with Gasteiger partial charge in [-0.3, -0.25) is 4.79 Å². The zero-order valence-corrected chi connectivity index (χ0v) is 9.79. The summed E-state index contributed by atoms with van der Waals surface area (Å²) >= 11 is 0. The molecular weight excluding hydrogens is 190 g/mol. The van der Waals surface area contributed by atoms with E-state index in [1.165, 1.54) is 6.42 Å². The second-order valence-corrected chi connectivity index (χ2v) is 5.64. The summed E-state index contributed by atoms with van der Waals surface area (Å²) < 4.78 is 5.37. The Kier molecular flexibility index (Phi) is 3.12. The van der Waals surface area contributed by atoms with Gasteiger partial charge >= 0.3 is 0 Å². The average Bonchev–Trinajstić information content (AvgIpc) is 2.50. The number of likely N-dealkylation sites (tertiary alicyclic amines) is 1. The van der Waals surface area contributed by atoms with Gasteiger partial charge in [0.15, 0.2) is 0 Å². The van der Waals surface area contributed by atoms with E-state index >= 15 is 0 Å². The first-order valence-corrected chi connectivity index (χ1v) is 5.90. The maximum absolute atomic E-state index is 11.6. The van der Waals surface area contributed by atoms with E-state index in [9.17, 15) is 4.79 Å². The van der Waals surface area contributed by atoms with E-state index in [0.717, 1.165) is 19.6 Å². The lowest BCUT2D eigenvalue weighted by atomic mass is 9.93. The molecule has 0 aromatic carbocycles. The van der Waals surface area contributed by atoms with E-state index in [0.29, 0.717) is 30.8 Å². The molecule has 86 valence electrons. The Morgan fingerprint density at radius 1 is 1.53 bits per heavy atom. The molecule has 0 spiro atoms. The van der Waals surface area contributed by atoms with Crippen LogP contribution in [0.5, 0.6) is 0 Å². The fourth-order valence-electron chi connectivity index (χ4n) is 2.54. The van der Waals surface area contributed by atoms with E-state index in [-0.39, 0.29) is 5.92 Å². The summed E-state index contributed by atoms with van der Waals surface area (Å²) in [4.78, 5) is 14.1. The smallest absolute Gasteiger partial charge is 0.141 e. The Morgan fingerprint density at radius 2 is 2.33 bits per heavy atom. The topological polar surface area (TPSA) is 29.5 Å². The minimum absolute atomic E-state index is 0.132. The predicted molar refractivity (Wildman–Crippen MR) is 58.8 cm³/mol. The van der Waals surface area contributed by atoms with Crippen LogP contribution in [0.2, 0.25) is 0 Å². The zero-order valence-electron chi connectivity index (χ0n) is 9.79. The lowest BCUT2D eigenvalue weighted by Gasteiger charge is -2.26. The third kappa shape index (κ3) is 2.79. The van der Waals surface area contributed by atoms with Gasteiger partial charge in [-0.1, -0.05) is 13.8 Å². The Bertz CT molecular complexity index is 250. The molecule has 0 amide bonds. The minimum atomic E-state index is 0.132. The molecule has 2 rings (SSSR count). The summed E-state index contributed by atoms with van der Waals surface area (Å²) in [7, 11) is 0. The van der Waals surface area contributed by atoms with Gasteiger partial charge in [0.05, 0.1) is 19.1 Å². The molecule has 0 saturated carbocycles. The summed E-state index contributed by atoms with van der Waals surface area (Å²) in [6.07, 6.45) is 1.86. The van der Waals surface area contributed by atoms with E-state index in [1.807, 2.05) is 0 Å². The molecule has 0 aromatic rings. The van der Waals surface area contributed by atoms with Crippen molar-refractivity contribution < 1.29 is 9.53 Å². The van der Waals surface area contributed by atoms with Crippen LogP contribution in [0.4, 0.5) is 0 Å². The minimum Gasteiger partial charge on any atom is -0.380 e. The van der Waals surface area contributed by atoms with Crippen LogP contribution in [-0.4, -0.2) is 43.5 Å². The van der Waals surface area contributed by atoms with Crippen LogP contribution in [0.3, 0.4) is 0 Å². The van der Waals surface area contributed by atoms with Crippen LogP contribution < -0.4 is 0 Å². The molecule has 0 radical (unpaired) electrons. The molecule has 15 heavy (non-hydrogen) atoms. The van der Waals surface area contributed by atoms with Crippen LogP contribution >= 0.6 is 0 Å². The molecular formula is C12H21NO2. The standard InChI is InChI=1S/C12H21NO2/c1-12(2)4-5-13(9-12)7-10-8-15-6-3-11(10)14/h10H,3-9H2,1-2H3. The van der Waals surface area contributed by atoms with Crippen molar-refractivity contribution in [3.63, 3.8) is 0 Å². The fraction of sp³-hybridized carbons (Fsp3) is 0.917. The van der Waals surface area contributed by atoms with Crippen molar-refractivity contribution in [2.75, 3.05) is 32.8 Å². The number of carbonyl (C=O) groups excluding carboxylic acids is 1. The number of ether oxygens (including phenoxy) is 1. The highest BCUT2D eigenvalue weighted by atomic mass is 16.5. The maximum atomic E-state index is 11.6. The van der Waals surface area contributed by atoms with Crippen molar-refractivity contribution >= 4 is 5.78 Å². The van der Waals surface area contributed by atoms with Gasteiger partial charge in [0.2, 0.25) is 0 Å². The number of nitrogens with zero attached hydrogens (tertiary/aromatic N) is 1. The highest BCUT2D eigenvalue weighted by Crippen LogP contribution is 2.29. The van der Waals surface area contributed by atoms with Gasteiger partial charge in [0.25, 0.3) is 0 Å². The molecule has 3 heteroatoms. The van der Waals surface area contributed by atoms with Gasteiger partial charge < -0.3 is 9.64 Å². The number of hydrogen-bond acceptors (Lipinski definition) is 3. The Balaban J connectivity index is 1.84. The first-order valence-electron chi connectivity index (χ1n) is 5.90. The number of rotatable bonds is 2. The fourth-order valence-corrected chi connectivity index (χ4v) is 2.54. The van der Waals surface area contributed by atoms with E-state index < -0.39 is 0 Å².